The van der Waals surface area contributed by atoms with Gasteiger partial charge in [0.25, 0.3) is 11.6 Å². The predicted molar refractivity (Wildman–Crippen MR) is 117 cm³/mol. The SMILES string of the molecule is Cc1ccc(C)c(NC(=O)C(OC(=O)c2ccc([N+](=O)[O-])cc2Cl)c2ccccc2)c1. The summed E-state index contributed by atoms with van der Waals surface area (Å²) < 4.78 is 5.50. The van der Waals surface area contributed by atoms with Crippen molar-refractivity contribution in [1.82, 2.24) is 0 Å². The molecule has 0 spiro atoms. The average Bonchev–Trinajstić information content (AvgIpc) is 2.74. The zero-order valence-corrected chi connectivity index (χ0v) is 17.6. The summed E-state index contributed by atoms with van der Waals surface area (Å²) in [6, 6.07) is 17.6. The van der Waals surface area contributed by atoms with Gasteiger partial charge >= 0.3 is 5.97 Å². The number of amides is 1. The van der Waals surface area contributed by atoms with Gasteiger partial charge in [0.15, 0.2) is 0 Å². The maximum Gasteiger partial charge on any atom is 0.340 e. The molecule has 158 valence electrons. The van der Waals surface area contributed by atoms with Crippen LogP contribution in [0.2, 0.25) is 5.02 Å². The third-order valence-electron chi connectivity index (χ3n) is 4.60. The molecule has 0 saturated carbocycles. The predicted octanol–water partition coefficient (Wildman–Crippen LogP) is 5.40. The Morgan fingerprint density at radius 3 is 2.39 bits per heavy atom. The Balaban J connectivity index is 1.89. The number of nitrogens with zero attached hydrogens (tertiary/aromatic N) is 1. The Bertz CT molecular complexity index is 1150. The number of halogens is 1. The molecule has 0 aliphatic rings. The fourth-order valence-corrected chi connectivity index (χ4v) is 3.18. The monoisotopic (exact) mass is 438 g/mol. The Hall–Kier alpha value is -3.71. The Kier molecular flexibility index (Phi) is 6.67. The normalized spacial score (nSPS) is 11.5. The van der Waals surface area contributed by atoms with Crippen LogP contribution in [0, 0.1) is 24.0 Å². The fraction of sp³-hybridized carbons (Fsp3) is 0.130. The number of carbonyl (C=O) groups is 2. The molecule has 0 aliphatic heterocycles. The first kappa shape index (κ1) is 22.0. The lowest BCUT2D eigenvalue weighted by Gasteiger charge is -2.19. The Labute approximate surface area is 183 Å². The van der Waals surface area contributed by atoms with Gasteiger partial charge in [-0.05, 0) is 37.1 Å². The third kappa shape index (κ3) is 5.26. The second-order valence-corrected chi connectivity index (χ2v) is 7.33. The van der Waals surface area contributed by atoms with Crippen molar-refractivity contribution in [2.45, 2.75) is 20.0 Å². The van der Waals surface area contributed by atoms with E-state index in [2.05, 4.69) is 5.32 Å². The first-order valence-electron chi connectivity index (χ1n) is 9.34. The van der Waals surface area contributed by atoms with Crippen LogP contribution in [0.4, 0.5) is 11.4 Å². The second kappa shape index (κ2) is 9.40. The van der Waals surface area contributed by atoms with Crippen LogP contribution < -0.4 is 5.32 Å². The molecule has 0 radical (unpaired) electrons. The summed E-state index contributed by atoms with van der Waals surface area (Å²) in [6.07, 6.45) is -1.25. The highest BCUT2D eigenvalue weighted by Gasteiger charge is 2.27. The van der Waals surface area contributed by atoms with Crippen LogP contribution in [-0.4, -0.2) is 16.8 Å². The summed E-state index contributed by atoms with van der Waals surface area (Å²) in [7, 11) is 0. The highest BCUT2D eigenvalue weighted by atomic mass is 35.5. The number of anilines is 1. The average molecular weight is 439 g/mol. The van der Waals surface area contributed by atoms with E-state index in [1.54, 1.807) is 30.3 Å². The maximum absolute atomic E-state index is 13.1. The molecule has 31 heavy (non-hydrogen) atoms. The van der Waals surface area contributed by atoms with E-state index in [0.717, 1.165) is 23.3 Å². The summed E-state index contributed by atoms with van der Waals surface area (Å²) in [6.45, 7) is 3.76. The van der Waals surface area contributed by atoms with Gasteiger partial charge in [0.1, 0.15) is 0 Å². The maximum atomic E-state index is 13.1. The van der Waals surface area contributed by atoms with Crippen LogP contribution >= 0.6 is 11.6 Å². The van der Waals surface area contributed by atoms with Crippen molar-refractivity contribution in [2.24, 2.45) is 0 Å². The van der Waals surface area contributed by atoms with Gasteiger partial charge in [-0.25, -0.2) is 4.79 Å². The quantitative estimate of drug-likeness (QED) is 0.315. The number of nitrogens with one attached hydrogen (secondary N) is 1. The third-order valence-corrected chi connectivity index (χ3v) is 4.91. The van der Waals surface area contributed by atoms with E-state index in [9.17, 15) is 19.7 Å². The second-order valence-electron chi connectivity index (χ2n) is 6.92. The number of nitro groups is 1. The first-order valence-corrected chi connectivity index (χ1v) is 9.72. The molecule has 3 aromatic rings. The standard InChI is InChI=1S/C23H19ClN2O5/c1-14-8-9-15(2)20(12-14)25-22(27)21(16-6-4-3-5-7-16)31-23(28)18-11-10-17(26(29)30)13-19(18)24/h3-13,21H,1-2H3,(H,25,27). The number of non-ortho nitro benzene ring substituents is 1. The number of hydrogen-bond donors (Lipinski definition) is 1. The highest BCUT2D eigenvalue weighted by molar-refractivity contribution is 6.33. The van der Waals surface area contributed by atoms with Gasteiger partial charge in [-0.3, -0.25) is 14.9 Å². The molecule has 7 nitrogen and oxygen atoms in total. The minimum absolute atomic E-state index is 0.0762. The van der Waals surface area contributed by atoms with Gasteiger partial charge in [0, 0.05) is 23.4 Å². The number of rotatable bonds is 6. The van der Waals surface area contributed by atoms with E-state index in [1.807, 2.05) is 32.0 Å². The molecule has 0 heterocycles. The molecule has 3 rings (SSSR count). The number of nitro benzene ring substituents is 1. The van der Waals surface area contributed by atoms with Crippen molar-refractivity contribution in [1.29, 1.82) is 0 Å². The van der Waals surface area contributed by atoms with Crippen LogP contribution in [-0.2, 0) is 9.53 Å². The van der Waals surface area contributed by atoms with Crippen LogP contribution in [0.25, 0.3) is 0 Å². The number of aryl methyl sites for hydroxylation is 2. The topological polar surface area (TPSA) is 98.5 Å². The van der Waals surface area contributed by atoms with Crippen molar-refractivity contribution in [3.8, 4) is 0 Å². The molecule has 8 heteroatoms. The summed E-state index contributed by atoms with van der Waals surface area (Å²) in [5, 5.41) is 13.6. The summed E-state index contributed by atoms with van der Waals surface area (Å²) >= 11 is 6.04. The number of hydrogen-bond acceptors (Lipinski definition) is 5. The zero-order chi connectivity index (χ0) is 22.5. The Morgan fingerprint density at radius 1 is 1.03 bits per heavy atom. The van der Waals surface area contributed by atoms with Crippen LogP contribution in [0.1, 0.15) is 33.2 Å². The lowest BCUT2D eigenvalue weighted by atomic mass is 10.1. The summed E-state index contributed by atoms with van der Waals surface area (Å²) in [5.41, 5.74) is 2.57. The molecule has 1 atom stereocenters. The van der Waals surface area contributed by atoms with E-state index < -0.39 is 22.9 Å². The van der Waals surface area contributed by atoms with Gasteiger partial charge in [-0.15, -0.1) is 0 Å². The van der Waals surface area contributed by atoms with Gasteiger partial charge < -0.3 is 10.1 Å². The van der Waals surface area contributed by atoms with Gasteiger partial charge in [0.05, 0.1) is 15.5 Å². The molecule has 0 fully saturated rings. The van der Waals surface area contributed by atoms with E-state index in [1.165, 1.54) is 6.07 Å². The first-order chi connectivity index (χ1) is 14.8. The van der Waals surface area contributed by atoms with Gasteiger partial charge in [0.2, 0.25) is 6.10 Å². The molecule has 1 N–H and O–H groups in total. The van der Waals surface area contributed by atoms with Crippen molar-refractivity contribution in [2.75, 3.05) is 5.32 Å². The molecule has 1 unspecified atom stereocenters. The molecule has 0 bridgehead atoms. The van der Waals surface area contributed by atoms with Gasteiger partial charge in [-0.2, -0.15) is 0 Å². The minimum Gasteiger partial charge on any atom is -0.444 e. The Morgan fingerprint density at radius 2 is 1.74 bits per heavy atom. The van der Waals surface area contributed by atoms with Crippen molar-refractivity contribution >= 4 is 34.9 Å². The molecule has 3 aromatic carbocycles. The van der Waals surface area contributed by atoms with Crippen molar-refractivity contribution in [3.05, 3.63) is 104 Å². The minimum atomic E-state index is -1.25. The highest BCUT2D eigenvalue weighted by Crippen LogP contribution is 2.27. The number of carbonyl (C=O) groups excluding carboxylic acids is 2. The lowest BCUT2D eigenvalue weighted by Crippen LogP contribution is -2.26. The van der Waals surface area contributed by atoms with Crippen LogP contribution in [0.5, 0.6) is 0 Å². The van der Waals surface area contributed by atoms with E-state index in [-0.39, 0.29) is 16.3 Å². The summed E-state index contributed by atoms with van der Waals surface area (Å²) in [5.74, 6) is -1.41. The zero-order valence-electron chi connectivity index (χ0n) is 16.8. The van der Waals surface area contributed by atoms with Crippen LogP contribution in [0.15, 0.2) is 66.7 Å². The smallest absolute Gasteiger partial charge is 0.340 e. The van der Waals surface area contributed by atoms with Crippen LogP contribution in [0.3, 0.4) is 0 Å². The molecular formula is C23H19ClN2O5. The molecule has 1 amide bonds. The van der Waals surface area contributed by atoms with Crippen molar-refractivity contribution in [3.63, 3.8) is 0 Å². The van der Waals surface area contributed by atoms with Crippen molar-refractivity contribution < 1.29 is 19.2 Å². The lowest BCUT2D eigenvalue weighted by molar-refractivity contribution is -0.384. The molecule has 0 aliphatic carbocycles. The number of esters is 1. The summed E-state index contributed by atoms with van der Waals surface area (Å²) in [4.78, 5) is 36.1. The number of ether oxygens (including phenoxy) is 1. The molecule has 0 aromatic heterocycles. The number of benzene rings is 3. The van der Waals surface area contributed by atoms with E-state index in [0.29, 0.717) is 11.3 Å². The van der Waals surface area contributed by atoms with Gasteiger partial charge in [-0.1, -0.05) is 54.1 Å². The molecular weight excluding hydrogens is 420 g/mol. The van der Waals surface area contributed by atoms with E-state index >= 15 is 0 Å². The van der Waals surface area contributed by atoms with E-state index in [4.69, 9.17) is 16.3 Å². The fourth-order valence-electron chi connectivity index (χ4n) is 2.92. The largest absolute Gasteiger partial charge is 0.444 e. The molecule has 0 saturated heterocycles.